The molecule has 0 radical (unpaired) electrons. The molecular weight excluding hydrogens is 446 g/mol. The van der Waals surface area contributed by atoms with E-state index in [-0.39, 0.29) is 6.04 Å². The van der Waals surface area contributed by atoms with Crippen LogP contribution >= 0.6 is 15.9 Å². The Morgan fingerprint density at radius 2 is 1.74 bits per heavy atom. The van der Waals surface area contributed by atoms with Crippen molar-refractivity contribution in [2.75, 3.05) is 0 Å². The molecule has 0 N–H and O–H groups in total. The van der Waals surface area contributed by atoms with Gasteiger partial charge in [-0.2, -0.15) is 0 Å². The molecule has 10 atom stereocenters. The molecule has 4 aliphatic carbocycles. The molecule has 0 aromatic rings. The fourth-order valence-electron chi connectivity index (χ4n) is 9.45. The zero-order chi connectivity index (χ0) is 22.4. The van der Waals surface area contributed by atoms with Gasteiger partial charge in [0.05, 0.1) is 6.04 Å². The number of alkyl halides is 1. The highest BCUT2D eigenvalue weighted by Gasteiger charge is 2.61. The van der Waals surface area contributed by atoms with E-state index in [0.29, 0.717) is 15.7 Å². The minimum atomic E-state index is 0.149. The summed E-state index contributed by atoms with van der Waals surface area (Å²) in [5.41, 5.74) is 10.0. The number of hydrogen-bond acceptors (Lipinski definition) is 1. The van der Waals surface area contributed by atoms with Gasteiger partial charge in [-0.25, -0.2) is 0 Å². The number of azide groups is 1. The summed E-state index contributed by atoms with van der Waals surface area (Å²) in [6, 6.07) is 0.149. The second-order valence-corrected chi connectivity index (χ2v) is 14.1. The normalized spacial score (nSPS) is 47.8. The van der Waals surface area contributed by atoms with Crippen LogP contribution in [0.3, 0.4) is 0 Å². The number of rotatable bonds is 6. The molecule has 0 aromatic heterocycles. The summed E-state index contributed by atoms with van der Waals surface area (Å²) in [7, 11) is 0. The maximum absolute atomic E-state index is 9.00. The van der Waals surface area contributed by atoms with Gasteiger partial charge in [0.1, 0.15) is 0 Å². The van der Waals surface area contributed by atoms with E-state index in [1.54, 1.807) is 0 Å². The minimum Gasteiger partial charge on any atom is -0.0894 e. The summed E-state index contributed by atoms with van der Waals surface area (Å²) in [6.07, 6.45) is 15.2. The highest BCUT2D eigenvalue weighted by atomic mass is 79.9. The van der Waals surface area contributed by atoms with E-state index in [0.717, 1.165) is 47.8 Å². The molecule has 0 heterocycles. The maximum Gasteiger partial charge on any atom is 0.0502 e. The van der Waals surface area contributed by atoms with Crippen LogP contribution < -0.4 is 0 Å². The Morgan fingerprint density at radius 3 is 2.45 bits per heavy atom. The molecule has 0 bridgehead atoms. The van der Waals surface area contributed by atoms with Crippen LogP contribution in [0.15, 0.2) is 5.11 Å². The van der Waals surface area contributed by atoms with Crippen molar-refractivity contribution in [3.8, 4) is 0 Å². The summed E-state index contributed by atoms with van der Waals surface area (Å²) in [5, 5.41) is 4.15. The smallest absolute Gasteiger partial charge is 0.0502 e. The van der Waals surface area contributed by atoms with Crippen LogP contribution in [0, 0.1) is 52.3 Å². The van der Waals surface area contributed by atoms with Crippen molar-refractivity contribution < 1.29 is 0 Å². The highest BCUT2D eigenvalue weighted by molar-refractivity contribution is 9.09. The average Bonchev–Trinajstić information content (AvgIpc) is 3.06. The van der Waals surface area contributed by atoms with Crippen molar-refractivity contribution in [1.82, 2.24) is 0 Å². The Morgan fingerprint density at radius 1 is 1.00 bits per heavy atom. The predicted octanol–water partition coefficient (Wildman–Crippen LogP) is 9.16. The van der Waals surface area contributed by atoms with Crippen LogP contribution in [0.2, 0.25) is 0 Å². The van der Waals surface area contributed by atoms with Gasteiger partial charge in [0.2, 0.25) is 0 Å². The van der Waals surface area contributed by atoms with E-state index in [1.165, 1.54) is 64.2 Å². The van der Waals surface area contributed by atoms with Crippen molar-refractivity contribution in [1.29, 1.82) is 0 Å². The molecule has 0 saturated heterocycles. The Labute approximate surface area is 199 Å². The van der Waals surface area contributed by atoms with Gasteiger partial charge in [0.25, 0.3) is 0 Å². The zero-order valence-electron chi connectivity index (χ0n) is 20.7. The lowest BCUT2D eigenvalue weighted by Crippen LogP contribution is -2.55. The molecule has 176 valence electrons. The number of fused-ring (bicyclic) bond motifs is 5. The van der Waals surface area contributed by atoms with Crippen LogP contribution in [-0.4, -0.2) is 10.9 Å². The fraction of sp³-hybridized carbons (Fsp3) is 1.00. The summed E-state index contributed by atoms with van der Waals surface area (Å²) in [4.78, 5) is 3.51. The van der Waals surface area contributed by atoms with Crippen LogP contribution in [0.1, 0.15) is 105 Å². The quantitative estimate of drug-likeness (QED) is 0.154. The van der Waals surface area contributed by atoms with Crippen LogP contribution in [0.4, 0.5) is 0 Å². The summed E-state index contributed by atoms with van der Waals surface area (Å²) in [5.74, 6) is 6.19. The van der Waals surface area contributed by atoms with Gasteiger partial charge in [-0.05, 0) is 109 Å². The number of nitrogens with zero attached hydrogens (tertiary/aromatic N) is 3. The van der Waals surface area contributed by atoms with Crippen molar-refractivity contribution in [2.45, 2.75) is 116 Å². The van der Waals surface area contributed by atoms with Gasteiger partial charge < -0.3 is 0 Å². The van der Waals surface area contributed by atoms with Crippen molar-refractivity contribution in [3.05, 3.63) is 10.4 Å². The summed E-state index contributed by atoms with van der Waals surface area (Å²) in [6.45, 7) is 12.6. The predicted molar refractivity (Wildman–Crippen MR) is 134 cm³/mol. The van der Waals surface area contributed by atoms with Crippen molar-refractivity contribution in [2.24, 2.45) is 57.4 Å². The molecule has 0 amide bonds. The average molecular weight is 493 g/mol. The Hall–Kier alpha value is -0.210. The van der Waals surface area contributed by atoms with Gasteiger partial charge in [0, 0.05) is 9.74 Å². The van der Waals surface area contributed by atoms with Gasteiger partial charge in [0.15, 0.2) is 0 Å². The van der Waals surface area contributed by atoms with Crippen LogP contribution in [0.5, 0.6) is 0 Å². The van der Waals surface area contributed by atoms with E-state index in [2.05, 4.69) is 60.6 Å². The Kier molecular flexibility index (Phi) is 7.11. The first-order valence-corrected chi connectivity index (χ1v) is 14.3. The molecule has 31 heavy (non-hydrogen) atoms. The van der Waals surface area contributed by atoms with Crippen LogP contribution in [0.25, 0.3) is 10.4 Å². The largest absolute Gasteiger partial charge is 0.0894 e. The summed E-state index contributed by atoms with van der Waals surface area (Å²) < 4.78 is 0. The summed E-state index contributed by atoms with van der Waals surface area (Å²) >= 11 is 3.93. The fourth-order valence-corrected chi connectivity index (χ4v) is 10.5. The first-order chi connectivity index (χ1) is 14.7. The molecule has 0 aliphatic heterocycles. The monoisotopic (exact) mass is 491 g/mol. The third-order valence-electron chi connectivity index (χ3n) is 11.0. The molecule has 0 spiro atoms. The number of halogens is 1. The Balaban J connectivity index is 1.48. The SMILES string of the molecule is CC(C)CCC[C@@H](C)[C@H]1CC[C@H]2[C@@H]3CC[C@H]4C[C@H](N=[N+]=[N-])[C@H](Br)C[C@]4(C)[C@H]3CC[C@]12C. The lowest BCUT2D eigenvalue weighted by molar-refractivity contribution is -0.115. The van der Waals surface area contributed by atoms with Gasteiger partial charge >= 0.3 is 0 Å². The molecule has 0 unspecified atom stereocenters. The van der Waals surface area contributed by atoms with Gasteiger partial charge in [-0.15, -0.1) is 0 Å². The van der Waals surface area contributed by atoms with E-state index in [1.807, 2.05) is 0 Å². The molecule has 3 nitrogen and oxygen atoms in total. The maximum atomic E-state index is 9.00. The second-order valence-electron chi connectivity index (χ2n) is 12.9. The second kappa shape index (κ2) is 9.21. The molecule has 4 aliphatic rings. The minimum absolute atomic E-state index is 0.149. The lowest BCUT2D eigenvalue weighted by Gasteiger charge is -2.62. The number of hydrogen-bond donors (Lipinski definition) is 0. The lowest BCUT2D eigenvalue weighted by atomic mass is 9.44. The highest BCUT2D eigenvalue weighted by Crippen LogP contribution is 2.68. The topological polar surface area (TPSA) is 48.8 Å². The Bertz CT molecular complexity index is 688. The van der Waals surface area contributed by atoms with E-state index >= 15 is 0 Å². The molecule has 4 rings (SSSR count). The third kappa shape index (κ3) is 4.23. The van der Waals surface area contributed by atoms with Gasteiger partial charge in [-0.1, -0.05) is 74.9 Å². The molecular formula is C27H46BrN3. The standard InChI is InChI=1S/C27H46BrN3/c1-17(2)7-6-8-18(3)21-11-12-22-20-10-9-19-15-25(30-31-29)24(28)16-27(19,5)23(20)13-14-26(21,22)4/h17-25H,6-16H2,1-5H3/t18-,19+,20+,21-,22+,23+,24-,25+,26-,27+/m1/s1. The van der Waals surface area contributed by atoms with Crippen LogP contribution in [-0.2, 0) is 0 Å². The molecule has 0 aromatic carbocycles. The first-order valence-electron chi connectivity index (χ1n) is 13.4. The molecule has 4 heteroatoms. The molecule has 4 fully saturated rings. The first kappa shape index (κ1) is 23.9. The van der Waals surface area contributed by atoms with Crippen molar-refractivity contribution >= 4 is 15.9 Å². The zero-order valence-corrected chi connectivity index (χ0v) is 22.3. The van der Waals surface area contributed by atoms with E-state index in [9.17, 15) is 0 Å². The molecule has 4 saturated carbocycles. The third-order valence-corrected chi connectivity index (χ3v) is 12.0. The van der Waals surface area contributed by atoms with E-state index in [4.69, 9.17) is 5.53 Å². The van der Waals surface area contributed by atoms with Crippen molar-refractivity contribution in [3.63, 3.8) is 0 Å². The van der Waals surface area contributed by atoms with Gasteiger partial charge in [-0.3, -0.25) is 0 Å². The van der Waals surface area contributed by atoms with E-state index < -0.39 is 0 Å².